The van der Waals surface area contributed by atoms with Gasteiger partial charge in [-0.2, -0.15) is 0 Å². The number of benzene rings is 2. The van der Waals surface area contributed by atoms with Crippen LogP contribution >= 0.6 is 71.2 Å². The zero-order chi connectivity index (χ0) is 22.0. The van der Waals surface area contributed by atoms with Crippen molar-refractivity contribution >= 4 is 71.2 Å². The summed E-state index contributed by atoms with van der Waals surface area (Å²) in [6, 6.07) is 19.1. The number of nitrogens with two attached hydrogens (primary N) is 2. The van der Waals surface area contributed by atoms with E-state index in [1.54, 1.807) is 6.92 Å². The summed E-state index contributed by atoms with van der Waals surface area (Å²) < 4.78 is -3.69. The van der Waals surface area contributed by atoms with E-state index in [4.69, 9.17) is 79.3 Å². The molecule has 10 heteroatoms. The second kappa shape index (κ2) is 13.0. The first-order valence-corrected chi connectivity index (χ1v) is 15.4. The molecule has 28 heavy (non-hydrogen) atoms. The van der Waals surface area contributed by atoms with E-state index in [1.165, 1.54) is 0 Å². The molecular formula is C18H25Cl6N2OP. The molecule has 0 fully saturated rings. The van der Waals surface area contributed by atoms with Crippen molar-refractivity contribution < 1.29 is 5.11 Å². The maximum absolute atomic E-state index is 9.47. The number of halogens is 6. The molecule has 2 aromatic rings. The Hall–Kier alpha value is 0.490. The molecule has 0 aliphatic rings. The van der Waals surface area contributed by atoms with E-state index in [2.05, 4.69) is 0 Å². The summed E-state index contributed by atoms with van der Waals surface area (Å²) in [5.74, 6) is 0. The molecule has 4 unspecified atom stereocenters. The number of hydrogen-bond donors (Lipinski definition) is 3. The normalized spacial score (nSPS) is 16.6. The van der Waals surface area contributed by atoms with Gasteiger partial charge in [-0.1, -0.05) is 60.7 Å². The van der Waals surface area contributed by atoms with Crippen molar-refractivity contribution in [1.29, 1.82) is 0 Å². The van der Waals surface area contributed by atoms with Gasteiger partial charge in [0.05, 0.1) is 11.5 Å². The molecule has 0 spiro atoms. The molecule has 5 N–H and O–H groups in total. The van der Waals surface area contributed by atoms with Crippen LogP contribution in [0.25, 0.3) is 0 Å². The zero-order valence-corrected chi connectivity index (χ0v) is 20.8. The quantitative estimate of drug-likeness (QED) is 0.281. The Morgan fingerprint density at radius 1 is 0.714 bits per heavy atom. The third kappa shape index (κ3) is 16.3. The Morgan fingerprint density at radius 3 is 1.32 bits per heavy atom. The predicted octanol–water partition coefficient (Wildman–Crippen LogP) is 7.69. The number of rotatable bonds is 4. The summed E-state index contributed by atoms with van der Waals surface area (Å²) in [6.07, 6.45) is -0.545. The molecule has 0 saturated heterocycles. The summed E-state index contributed by atoms with van der Waals surface area (Å²) >= 11 is 30.9. The summed E-state index contributed by atoms with van der Waals surface area (Å²) in [6.45, 7) is 3.70. The first-order valence-electron chi connectivity index (χ1n) is 8.21. The Labute approximate surface area is 196 Å². The standard InChI is InChI=1S/C9H12ClN.C9H13NO.Cl5P/c1-7(11)9(10)8-5-3-2-4-6-8;1-7(10)9(11)8-5-3-2-4-6-8;1-6(2,3,4)5/h2-7,9H,11H2,1H3;2-7,9,11H,10H2,1H3;. The SMILES string of the molecule is CC(N)C(Cl)c1ccccc1.CC(N)C(O)c1ccccc1.ClP(Cl)(Cl)(Cl)Cl. The molecule has 0 saturated carbocycles. The summed E-state index contributed by atoms with van der Waals surface area (Å²) in [7, 11) is 0. The Bertz CT molecular complexity index is 600. The van der Waals surface area contributed by atoms with Crippen molar-refractivity contribution in [3.05, 3.63) is 71.8 Å². The van der Waals surface area contributed by atoms with E-state index < -0.39 is 9.47 Å². The van der Waals surface area contributed by atoms with Crippen LogP contribution in [0.3, 0.4) is 0 Å². The number of alkyl halides is 1. The van der Waals surface area contributed by atoms with E-state index in [9.17, 15) is 5.11 Å². The zero-order valence-electron chi connectivity index (χ0n) is 15.4. The van der Waals surface area contributed by atoms with E-state index in [1.807, 2.05) is 67.6 Å². The van der Waals surface area contributed by atoms with Gasteiger partial charge >= 0.3 is 59.6 Å². The number of aliphatic hydroxyl groups is 1. The van der Waals surface area contributed by atoms with Crippen LogP contribution in [-0.4, -0.2) is 17.2 Å². The van der Waals surface area contributed by atoms with Gasteiger partial charge in [0.25, 0.3) is 0 Å². The summed E-state index contributed by atoms with van der Waals surface area (Å²) in [5, 5.41) is 9.40. The number of aliphatic hydroxyl groups excluding tert-OH is 1. The molecule has 2 aromatic carbocycles. The topological polar surface area (TPSA) is 72.3 Å². The van der Waals surface area contributed by atoms with Crippen molar-refractivity contribution in [1.82, 2.24) is 0 Å². The van der Waals surface area contributed by atoms with Gasteiger partial charge in [0.2, 0.25) is 0 Å². The molecule has 3 nitrogen and oxygen atoms in total. The monoisotopic (exact) mass is 526 g/mol. The van der Waals surface area contributed by atoms with Gasteiger partial charge in [-0.3, -0.25) is 0 Å². The second-order valence-electron chi connectivity index (χ2n) is 6.03. The van der Waals surface area contributed by atoms with Crippen molar-refractivity contribution in [3.8, 4) is 0 Å². The minimum absolute atomic E-state index is 0.000864. The van der Waals surface area contributed by atoms with Crippen LogP contribution in [0.1, 0.15) is 36.5 Å². The maximum atomic E-state index is 9.47. The van der Waals surface area contributed by atoms with E-state index in [-0.39, 0.29) is 17.5 Å². The first kappa shape index (κ1) is 28.5. The molecule has 0 aliphatic carbocycles. The van der Waals surface area contributed by atoms with Gasteiger partial charge < -0.3 is 16.6 Å². The molecule has 0 amide bonds. The van der Waals surface area contributed by atoms with Crippen LogP contribution in [-0.2, 0) is 0 Å². The first-order chi connectivity index (χ1) is 12.7. The van der Waals surface area contributed by atoms with Crippen LogP contribution in [0.5, 0.6) is 0 Å². The molecular weight excluding hydrogens is 504 g/mol. The molecule has 0 bridgehead atoms. The van der Waals surface area contributed by atoms with Crippen molar-refractivity contribution in [2.24, 2.45) is 11.5 Å². The Balaban J connectivity index is 0.000000411. The van der Waals surface area contributed by atoms with Gasteiger partial charge in [-0.15, -0.1) is 11.6 Å². The average molecular weight is 529 g/mol. The van der Waals surface area contributed by atoms with E-state index in [0.717, 1.165) is 11.1 Å². The fraction of sp³-hybridized carbons (Fsp3) is 0.333. The molecule has 2 rings (SSSR count). The third-order valence-electron chi connectivity index (χ3n) is 3.22. The fourth-order valence-corrected chi connectivity index (χ4v) is 2.04. The minimum atomic E-state index is -3.69. The van der Waals surface area contributed by atoms with E-state index in [0.29, 0.717) is 0 Å². The number of hydrogen-bond acceptors (Lipinski definition) is 3. The molecule has 0 heterocycles. The molecule has 160 valence electrons. The van der Waals surface area contributed by atoms with Crippen LogP contribution in [0, 0.1) is 0 Å². The average Bonchev–Trinajstić information content (AvgIpc) is 2.60. The molecule has 0 aromatic heterocycles. The van der Waals surface area contributed by atoms with E-state index >= 15 is 0 Å². The summed E-state index contributed by atoms with van der Waals surface area (Å²) in [4.78, 5) is 0. The molecule has 0 aliphatic heterocycles. The Morgan fingerprint density at radius 2 is 1.04 bits per heavy atom. The third-order valence-corrected chi connectivity index (χ3v) is 3.87. The second-order valence-corrected chi connectivity index (χ2v) is 23.1. The van der Waals surface area contributed by atoms with Gasteiger partial charge in [-0.25, -0.2) is 0 Å². The van der Waals surface area contributed by atoms with Crippen molar-refractivity contribution in [3.63, 3.8) is 0 Å². The van der Waals surface area contributed by atoms with Crippen LogP contribution in [0.2, 0.25) is 0 Å². The summed E-state index contributed by atoms with van der Waals surface area (Å²) in [5.41, 5.74) is 13.1. The van der Waals surface area contributed by atoms with Crippen molar-refractivity contribution in [2.75, 3.05) is 0 Å². The predicted molar refractivity (Wildman–Crippen MR) is 130 cm³/mol. The Kier molecular flexibility index (Phi) is 13.2. The van der Waals surface area contributed by atoms with Crippen LogP contribution in [0.4, 0.5) is 0 Å². The molecule has 0 radical (unpaired) electrons. The van der Waals surface area contributed by atoms with Gasteiger partial charge in [0, 0.05) is 12.1 Å². The fourth-order valence-electron chi connectivity index (χ4n) is 1.89. The molecule has 4 atom stereocenters. The van der Waals surface area contributed by atoms with Gasteiger partial charge in [0.15, 0.2) is 0 Å². The van der Waals surface area contributed by atoms with Gasteiger partial charge in [0.1, 0.15) is 0 Å². The van der Waals surface area contributed by atoms with Crippen molar-refractivity contribution in [2.45, 2.75) is 37.4 Å². The van der Waals surface area contributed by atoms with Crippen LogP contribution in [0.15, 0.2) is 60.7 Å². The van der Waals surface area contributed by atoms with Gasteiger partial charge in [-0.05, 0) is 25.0 Å². The van der Waals surface area contributed by atoms with Crippen LogP contribution < -0.4 is 11.5 Å².